The third kappa shape index (κ3) is 8.99. The summed E-state index contributed by atoms with van der Waals surface area (Å²) in [5.41, 5.74) is 0. The molecule has 1 atom stereocenters. The molecule has 0 saturated carbocycles. The van der Waals surface area contributed by atoms with Gasteiger partial charge in [0.25, 0.3) is 0 Å². The van der Waals surface area contributed by atoms with E-state index in [2.05, 4.69) is 4.74 Å². The largest absolute Gasteiger partial charge is 0.465 e. The normalized spacial score (nSPS) is 16.1. The summed E-state index contributed by atoms with van der Waals surface area (Å²) in [6.45, 7) is -1.39. The number of likely N-dealkylation sites (N-methyl/N-ethyl adjacent to an activating group) is 2. The predicted molar refractivity (Wildman–Crippen MR) is 119 cm³/mol. The maximum absolute atomic E-state index is 13.9. The van der Waals surface area contributed by atoms with Crippen molar-refractivity contribution in [2.75, 3.05) is 38.8 Å². The van der Waals surface area contributed by atoms with Crippen LogP contribution in [0.15, 0.2) is 0 Å². The number of nitrogens with zero attached hydrogens (tertiary/aromatic N) is 2. The van der Waals surface area contributed by atoms with Crippen LogP contribution in [0.5, 0.6) is 0 Å². The number of rotatable bonds is 17. The van der Waals surface area contributed by atoms with Crippen molar-refractivity contribution in [2.45, 2.75) is 73.7 Å². The van der Waals surface area contributed by atoms with Crippen molar-refractivity contribution < 1.29 is 105 Å². The second kappa shape index (κ2) is 13.7. The molecular weight excluding hydrogens is 758 g/mol. The van der Waals surface area contributed by atoms with E-state index in [9.17, 15) is 101 Å². The average molecular weight is 780 g/mol. The maximum Gasteiger partial charge on any atom is 0.460 e. The zero-order valence-electron chi connectivity index (χ0n) is 23.3. The molecule has 0 aromatic rings. The van der Waals surface area contributed by atoms with Crippen molar-refractivity contribution in [1.82, 2.24) is 8.61 Å². The summed E-state index contributed by atoms with van der Waals surface area (Å²) in [7, 11) is -10.9. The van der Waals surface area contributed by atoms with Gasteiger partial charge in [0.2, 0.25) is 20.0 Å². The zero-order chi connectivity index (χ0) is 38.3. The number of alkyl halides is 18. The monoisotopic (exact) mass is 780 g/mol. The van der Waals surface area contributed by atoms with Gasteiger partial charge in [-0.05, 0) is 6.92 Å². The lowest BCUT2D eigenvalue weighted by Gasteiger charge is -2.34. The van der Waals surface area contributed by atoms with Gasteiger partial charge in [-0.3, -0.25) is 4.79 Å². The van der Waals surface area contributed by atoms with Crippen molar-refractivity contribution in [3.63, 3.8) is 0 Å². The van der Waals surface area contributed by atoms with E-state index < -0.39 is 122 Å². The maximum atomic E-state index is 13.9. The van der Waals surface area contributed by atoms with E-state index >= 15 is 0 Å². The Morgan fingerprint density at radius 2 is 0.915 bits per heavy atom. The first kappa shape index (κ1) is 45.0. The van der Waals surface area contributed by atoms with Crippen molar-refractivity contribution in [3.05, 3.63) is 0 Å². The molecule has 0 aromatic heterocycles. The molecule has 47 heavy (non-hydrogen) atoms. The van der Waals surface area contributed by atoms with Crippen molar-refractivity contribution in [3.8, 4) is 0 Å². The van der Waals surface area contributed by atoms with Crippen molar-refractivity contribution in [2.24, 2.45) is 0 Å². The second-order valence-corrected chi connectivity index (χ2v) is 13.7. The lowest BCUT2D eigenvalue weighted by molar-refractivity contribution is -0.396. The highest BCUT2D eigenvalue weighted by Crippen LogP contribution is 2.55. The standard InChI is InChI=1S/C19H22F18N2O6S2/c1-4-45-11(40)10(39(3)47(43,44)8-6-13(22,23)15(26,27)17(30,31)19(35,36)37)9-38(2)46(41,42)7-5-12(20,21)14(24,25)16(28,29)18(32,33)34/h10H,4-9H2,1-3H3. The van der Waals surface area contributed by atoms with Crippen LogP contribution in [0.2, 0.25) is 0 Å². The summed E-state index contributed by atoms with van der Waals surface area (Å²) in [5, 5.41) is 0. The van der Waals surface area contributed by atoms with E-state index in [1.807, 2.05) is 0 Å². The molecule has 0 aromatic carbocycles. The van der Waals surface area contributed by atoms with Crippen LogP contribution in [0.1, 0.15) is 19.8 Å². The minimum absolute atomic E-state index is 0.186. The smallest absolute Gasteiger partial charge is 0.460 e. The van der Waals surface area contributed by atoms with Gasteiger partial charge in [0, 0.05) is 33.5 Å². The molecule has 0 N–H and O–H groups in total. The molecule has 8 nitrogen and oxygen atoms in total. The average Bonchev–Trinajstić information content (AvgIpc) is 2.87. The molecule has 0 radical (unpaired) electrons. The number of carbonyl (C=O) groups is 1. The molecule has 0 aliphatic heterocycles. The zero-order valence-corrected chi connectivity index (χ0v) is 24.9. The minimum Gasteiger partial charge on any atom is -0.465 e. The SMILES string of the molecule is CCOC(=O)C(CN(C)S(=O)(=O)CCC(F)(F)C(F)(F)C(F)(F)C(F)(F)F)N(C)S(=O)(=O)CCC(F)(F)C(F)(F)C(F)(F)C(F)(F)F. The summed E-state index contributed by atoms with van der Waals surface area (Å²) < 4.78 is 288. The number of hydrogen-bond donors (Lipinski definition) is 0. The Morgan fingerprint density at radius 3 is 1.21 bits per heavy atom. The number of halogens is 18. The van der Waals surface area contributed by atoms with Gasteiger partial charge in [-0.15, -0.1) is 0 Å². The van der Waals surface area contributed by atoms with Crippen molar-refractivity contribution >= 4 is 26.0 Å². The van der Waals surface area contributed by atoms with Gasteiger partial charge < -0.3 is 4.74 Å². The Bertz CT molecular complexity index is 1320. The van der Waals surface area contributed by atoms with Crippen LogP contribution in [0.25, 0.3) is 0 Å². The summed E-state index contributed by atoms with van der Waals surface area (Å²) in [6, 6.07) is -2.68. The Morgan fingerprint density at radius 1 is 0.596 bits per heavy atom. The third-order valence-electron chi connectivity index (χ3n) is 6.11. The topological polar surface area (TPSA) is 101 Å². The number of ether oxygens (including phenoxy) is 1. The van der Waals surface area contributed by atoms with Crippen LogP contribution in [0, 0.1) is 0 Å². The Hall–Kier alpha value is -1.97. The molecule has 282 valence electrons. The summed E-state index contributed by atoms with van der Waals surface area (Å²) in [4.78, 5) is 12.3. The van der Waals surface area contributed by atoms with Gasteiger partial charge in [0.1, 0.15) is 6.04 Å². The third-order valence-corrected chi connectivity index (χ3v) is 9.78. The Kier molecular flexibility index (Phi) is 13.2. The molecule has 0 saturated heterocycles. The van der Waals surface area contributed by atoms with E-state index in [1.165, 1.54) is 0 Å². The highest BCUT2D eigenvalue weighted by molar-refractivity contribution is 7.89. The van der Waals surface area contributed by atoms with Gasteiger partial charge in [0.05, 0.1) is 18.1 Å². The van der Waals surface area contributed by atoms with Crippen LogP contribution in [-0.4, -0.2) is 124 Å². The lowest BCUT2D eigenvalue weighted by atomic mass is 10.0. The van der Waals surface area contributed by atoms with E-state index in [-0.39, 0.29) is 18.4 Å². The quantitative estimate of drug-likeness (QED) is 0.150. The van der Waals surface area contributed by atoms with E-state index in [0.717, 1.165) is 6.92 Å². The van der Waals surface area contributed by atoms with Crippen LogP contribution in [-0.2, 0) is 29.6 Å². The molecule has 28 heteroatoms. The first-order valence-electron chi connectivity index (χ1n) is 11.8. The number of esters is 1. The molecule has 0 rings (SSSR count). The van der Waals surface area contributed by atoms with E-state index in [4.69, 9.17) is 0 Å². The predicted octanol–water partition coefficient (Wildman–Crippen LogP) is 5.16. The van der Waals surface area contributed by atoms with E-state index in [1.54, 1.807) is 0 Å². The number of sulfonamides is 2. The molecule has 0 aliphatic rings. The van der Waals surface area contributed by atoms with Gasteiger partial charge in [0.15, 0.2) is 0 Å². The van der Waals surface area contributed by atoms with Crippen molar-refractivity contribution in [1.29, 1.82) is 0 Å². The fraction of sp³-hybridized carbons (Fsp3) is 0.947. The van der Waals surface area contributed by atoms with Crippen LogP contribution in [0.4, 0.5) is 79.0 Å². The van der Waals surface area contributed by atoms with Gasteiger partial charge in [-0.1, -0.05) is 0 Å². The minimum atomic E-state index is -7.41. The van der Waals surface area contributed by atoms with Gasteiger partial charge in [-0.25, -0.2) is 21.1 Å². The summed E-state index contributed by atoms with van der Waals surface area (Å²) in [6.07, 6.45) is -20.5. The molecule has 0 heterocycles. The number of carbonyl (C=O) groups excluding carboxylic acids is 1. The van der Waals surface area contributed by atoms with Crippen LogP contribution < -0.4 is 0 Å². The first-order valence-corrected chi connectivity index (χ1v) is 15.0. The van der Waals surface area contributed by atoms with Crippen LogP contribution >= 0.6 is 0 Å². The highest BCUT2D eigenvalue weighted by atomic mass is 32.2. The number of hydrogen-bond acceptors (Lipinski definition) is 6. The molecular formula is C19H22F18N2O6S2. The highest BCUT2D eigenvalue weighted by Gasteiger charge is 2.82. The molecule has 0 fully saturated rings. The van der Waals surface area contributed by atoms with Crippen LogP contribution in [0.3, 0.4) is 0 Å². The molecule has 0 aliphatic carbocycles. The first-order chi connectivity index (χ1) is 20.3. The summed E-state index contributed by atoms with van der Waals surface area (Å²) in [5.74, 6) is -48.9. The molecule has 0 amide bonds. The second-order valence-electron chi connectivity index (χ2n) is 9.40. The molecule has 1 unspecified atom stereocenters. The molecule has 0 bridgehead atoms. The fourth-order valence-corrected chi connectivity index (χ4v) is 5.61. The van der Waals surface area contributed by atoms with Gasteiger partial charge in [-0.2, -0.15) is 83.3 Å². The Labute approximate surface area is 253 Å². The van der Waals surface area contributed by atoms with Gasteiger partial charge >= 0.3 is 53.9 Å². The molecule has 0 spiro atoms. The fourth-order valence-electron chi connectivity index (χ4n) is 3.07. The lowest BCUT2D eigenvalue weighted by Crippen LogP contribution is -2.61. The summed E-state index contributed by atoms with van der Waals surface area (Å²) >= 11 is 0. The van der Waals surface area contributed by atoms with E-state index in [0.29, 0.717) is 0 Å². The Balaban J connectivity index is 6.22.